The standard InChI is InChI=1S/C10H3FN2S/c11-8-5-14-10-7(4-13)2-1-6(3-12)9(8)10/h1-2,5H. The summed E-state index contributed by atoms with van der Waals surface area (Å²) in [6, 6.07) is 6.88. The Morgan fingerprint density at radius 2 is 1.79 bits per heavy atom. The Kier molecular flexibility index (Phi) is 1.92. The second-order valence-electron chi connectivity index (χ2n) is 2.67. The van der Waals surface area contributed by atoms with Gasteiger partial charge < -0.3 is 0 Å². The van der Waals surface area contributed by atoms with Crippen molar-refractivity contribution in [3.63, 3.8) is 0 Å². The third-order valence-electron chi connectivity index (χ3n) is 1.92. The zero-order valence-electron chi connectivity index (χ0n) is 6.91. The Balaban J connectivity index is 2.99. The van der Waals surface area contributed by atoms with E-state index in [1.165, 1.54) is 17.5 Å². The molecule has 0 unspecified atom stereocenters. The number of benzene rings is 1. The minimum atomic E-state index is -0.432. The first kappa shape index (κ1) is 8.68. The Bertz CT molecular complexity index is 586. The van der Waals surface area contributed by atoms with Crippen molar-refractivity contribution < 1.29 is 4.39 Å². The van der Waals surface area contributed by atoms with Crippen LogP contribution in [0.2, 0.25) is 0 Å². The van der Waals surface area contributed by atoms with E-state index in [1.54, 1.807) is 0 Å². The van der Waals surface area contributed by atoms with E-state index in [-0.39, 0.29) is 10.9 Å². The van der Waals surface area contributed by atoms with E-state index in [1.807, 2.05) is 12.1 Å². The van der Waals surface area contributed by atoms with Crippen LogP contribution in [0.1, 0.15) is 11.1 Å². The minimum Gasteiger partial charge on any atom is -0.205 e. The molecule has 0 aliphatic rings. The van der Waals surface area contributed by atoms with Gasteiger partial charge in [0, 0.05) is 10.8 Å². The summed E-state index contributed by atoms with van der Waals surface area (Å²) >= 11 is 1.15. The lowest BCUT2D eigenvalue weighted by molar-refractivity contribution is 0.644. The molecule has 0 saturated heterocycles. The van der Waals surface area contributed by atoms with Gasteiger partial charge in [-0.25, -0.2) is 4.39 Å². The van der Waals surface area contributed by atoms with Crippen LogP contribution in [0.4, 0.5) is 4.39 Å². The largest absolute Gasteiger partial charge is 0.205 e. The van der Waals surface area contributed by atoms with Gasteiger partial charge in [-0.3, -0.25) is 0 Å². The molecule has 0 N–H and O–H groups in total. The summed E-state index contributed by atoms with van der Waals surface area (Å²) < 4.78 is 13.8. The first-order valence-electron chi connectivity index (χ1n) is 3.78. The molecule has 1 aromatic carbocycles. The number of nitrogens with zero attached hydrogens (tertiary/aromatic N) is 2. The average molecular weight is 202 g/mol. The van der Waals surface area contributed by atoms with Crippen LogP contribution in [0, 0.1) is 28.5 Å². The zero-order chi connectivity index (χ0) is 10.1. The molecule has 2 aromatic rings. The SMILES string of the molecule is N#Cc1ccc(C#N)c2c(F)csc12. The molecule has 1 heterocycles. The average Bonchev–Trinajstić information content (AvgIpc) is 2.60. The van der Waals surface area contributed by atoms with E-state index in [4.69, 9.17) is 10.5 Å². The maximum absolute atomic E-state index is 13.3. The van der Waals surface area contributed by atoms with Gasteiger partial charge >= 0.3 is 0 Å². The van der Waals surface area contributed by atoms with Gasteiger partial charge in [0.2, 0.25) is 0 Å². The molecular weight excluding hydrogens is 199 g/mol. The minimum absolute atomic E-state index is 0.261. The molecule has 0 fully saturated rings. The van der Waals surface area contributed by atoms with Crippen molar-refractivity contribution in [2.45, 2.75) is 0 Å². The van der Waals surface area contributed by atoms with Crippen LogP contribution >= 0.6 is 11.3 Å². The molecule has 1 aromatic heterocycles. The predicted octanol–water partition coefficient (Wildman–Crippen LogP) is 2.78. The molecule has 2 rings (SSSR count). The summed E-state index contributed by atoms with van der Waals surface area (Å²) in [5, 5.41) is 19.1. The molecule has 66 valence electrons. The molecule has 2 nitrogen and oxygen atoms in total. The van der Waals surface area contributed by atoms with Crippen LogP contribution in [0.3, 0.4) is 0 Å². The Hall–Kier alpha value is -1.91. The van der Waals surface area contributed by atoms with Gasteiger partial charge in [0.25, 0.3) is 0 Å². The third kappa shape index (κ3) is 1.06. The van der Waals surface area contributed by atoms with Crippen LogP contribution in [-0.4, -0.2) is 0 Å². The summed E-state index contributed by atoms with van der Waals surface area (Å²) in [6.45, 7) is 0. The van der Waals surface area contributed by atoms with Gasteiger partial charge in [-0.15, -0.1) is 11.3 Å². The first-order chi connectivity index (χ1) is 6.77. The maximum Gasteiger partial charge on any atom is 0.143 e. The summed E-state index contributed by atoms with van der Waals surface area (Å²) in [5.74, 6) is -0.432. The van der Waals surface area contributed by atoms with Crippen LogP contribution < -0.4 is 0 Å². The van der Waals surface area contributed by atoms with E-state index < -0.39 is 5.82 Å². The predicted molar refractivity (Wildman–Crippen MR) is 51.2 cm³/mol. The lowest BCUT2D eigenvalue weighted by Gasteiger charge is -1.95. The molecule has 0 atom stereocenters. The second-order valence-corrected chi connectivity index (χ2v) is 3.55. The highest BCUT2D eigenvalue weighted by Crippen LogP contribution is 2.30. The summed E-state index contributed by atoms with van der Waals surface area (Å²) in [7, 11) is 0. The molecule has 0 bridgehead atoms. The van der Waals surface area contributed by atoms with Crippen molar-refractivity contribution in [1.29, 1.82) is 10.5 Å². The molecule has 4 heteroatoms. The van der Waals surface area contributed by atoms with Crippen LogP contribution in [0.15, 0.2) is 17.5 Å². The van der Waals surface area contributed by atoms with E-state index in [0.29, 0.717) is 10.3 Å². The highest BCUT2D eigenvalue weighted by molar-refractivity contribution is 7.17. The fourth-order valence-electron chi connectivity index (χ4n) is 1.29. The van der Waals surface area contributed by atoms with Crippen LogP contribution in [-0.2, 0) is 0 Å². The highest BCUT2D eigenvalue weighted by atomic mass is 32.1. The van der Waals surface area contributed by atoms with Crippen molar-refractivity contribution in [2.75, 3.05) is 0 Å². The van der Waals surface area contributed by atoms with Crippen LogP contribution in [0.25, 0.3) is 10.1 Å². The Morgan fingerprint density at radius 1 is 1.14 bits per heavy atom. The normalized spacial score (nSPS) is 9.64. The molecule has 0 amide bonds. The van der Waals surface area contributed by atoms with Gasteiger partial charge in [-0.05, 0) is 12.1 Å². The Labute approximate surface area is 83.4 Å². The number of thiophene rings is 1. The van der Waals surface area contributed by atoms with E-state index >= 15 is 0 Å². The fourth-order valence-corrected chi connectivity index (χ4v) is 2.20. The lowest BCUT2D eigenvalue weighted by atomic mass is 10.1. The summed E-state index contributed by atoms with van der Waals surface area (Å²) in [5.41, 5.74) is 0.686. The van der Waals surface area contributed by atoms with Gasteiger partial charge in [-0.1, -0.05) is 0 Å². The van der Waals surface area contributed by atoms with Crippen molar-refractivity contribution in [3.05, 3.63) is 34.5 Å². The molecule has 0 aliphatic carbocycles. The first-order valence-corrected chi connectivity index (χ1v) is 4.66. The number of hydrogen-bond donors (Lipinski definition) is 0. The monoisotopic (exact) mass is 202 g/mol. The lowest BCUT2D eigenvalue weighted by Crippen LogP contribution is -1.81. The number of hydrogen-bond acceptors (Lipinski definition) is 3. The van der Waals surface area contributed by atoms with Crippen LogP contribution in [0.5, 0.6) is 0 Å². The van der Waals surface area contributed by atoms with Crippen molar-refractivity contribution in [2.24, 2.45) is 0 Å². The van der Waals surface area contributed by atoms with Gasteiger partial charge in [0.15, 0.2) is 0 Å². The molecule has 0 spiro atoms. The molecule has 0 radical (unpaired) electrons. The summed E-state index contributed by atoms with van der Waals surface area (Å²) in [4.78, 5) is 0. The number of fused-ring (bicyclic) bond motifs is 1. The fraction of sp³-hybridized carbons (Fsp3) is 0. The summed E-state index contributed by atoms with van der Waals surface area (Å²) in [6.07, 6.45) is 0. The number of rotatable bonds is 0. The van der Waals surface area contributed by atoms with E-state index in [2.05, 4.69) is 0 Å². The molecule has 0 saturated carbocycles. The van der Waals surface area contributed by atoms with Gasteiger partial charge in [0.05, 0.1) is 21.9 Å². The molecule has 0 aliphatic heterocycles. The zero-order valence-corrected chi connectivity index (χ0v) is 7.73. The Morgan fingerprint density at radius 3 is 2.43 bits per heavy atom. The number of nitriles is 2. The van der Waals surface area contributed by atoms with E-state index in [0.717, 1.165) is 11.3 Å². The van der Waals surface area contributed by atoms with Crippen molar-refractivity contribution >= 4 is 21.4 Å². The third-order valence-corrected chi connectivity index (χ3v) is 2.90. The van der Waals surface area contributed by atoms with Gasteiger partial charge in [-0.2, -0.15) is 10.5 Å². The second kappa shape index (κ2) is 3.10. The van der Waals surface area contributed by atoms with Gasteiger partial charge in [0.1, 0.15) is 11.9 Å². The van der Waals surface area contributed by atoms with Crippen molar-refractivity contribution in [1.82, 2.24) is 0 Å². The molecular formula is C10H3FN2S. The maximum atomic E-state index is 13.3. The van der Waals surface area contributed by atoms with Crippen molar-refractivity contribution in [3.8, 4) is 12.1 Å². The topological polar surface area (TPSA) is 47.6 Å². The highest BCUT2D eigenvalue weighted by Gasteiger charge is 2.11. The smallest absolute Gasteiger partial charge is 0.143 e. The number of halogens is 1. The van der Waals surface area contributed by atoms with E-state index in [9.17, 15) is 4.39 Å². The quantitative estimate of drug-likeness (QED) is 0.659. The molecule has 14 heavy (non-hydrogen) atoms.